The van der Waals surface area contributed by atoms with E-state index in [1.807, 2.05) is 30.3 Å². The first-order chi connectivity index (χ1) is 11.5. The number of hydrogen-bond acceptors (Lipinski definition) is 4. The summed E-state index contributed by atoms with van der Waals surface area (Å²) in [6, 6.07) is 13.7. The van der Waals surface area contributed by atoms with Crippen molar-refractivity contribution in [1.82, 2.24) is 10.4 Å². The summed E-state index contributed by atoms with van der Waals surface area (Å²) in [7, 11) is 0. The number of nitro benzene ring substituents is 1. The molecule has 0 saturated heterocycles. The number of nitrogens with zero attached hydrogens (tertiary/aromatic N) is 2. The molecule has 1 heterocycles. The maximum atomic E-state index is 12.0. The second-order valence-electron chi connectivity index (χ2n) is 5.38. The number of carbonyl (C=O) groups excluding carboxylic acids is 1. The minimum atomic E-state index is -0.437. The summed E-state index contributed by atoms with van der Waals surface area (Å²) in [5.41, 5.74) is 5.33. The average molecular weight is 388 g/mol. The fraction of sp³-hybridized carbons (Fsp3) is 0.118. The van der Waals surface area contributed by atoms with Crippen LogP contribution in [0.25, 0.3) is 5.70 Å². The minimum Gasteiger partial charge on any atom is -0.295 e. The average Bonchev–Trinajstić information content (AvgIpc) is 3.01. The van der Waals surface area contributed by atoms with Gasteiger partial charge in [-0.1, -0.05) is 40.2 Å². The van der Waals surface area contributed by atoms with Crippen molar-refractivity contribution in [1.29, 1.82) is 0 Å². The van der Waals surface area contributed by atoms with E-state index in [0.29, 0.717) is 11.3 Å². The molecule has 0 fully saturated rings. The number of halogens is 1. The van der Waals surface area contributed by atoms with E-state index in [2.05, 4.69) is 21.4 Å². The first-order valence-corrected chi connectivity index (χ1v) is 8.03. The summed E-state index contributed by atoms with van der Waals surface area (Å²) in [4.78, 5) is 22.5. The van der Waals surface area contributed by atoms with Crippen molar-refractivity contribution in [2.45, 2.75) is 13.0 Å². The fourth-order valence-electron chi connectivity index (χ4n) is 2.60. The third-order valence-corrected chi connectivity index (χ3v) is 4.29. The van der Waals surface area contributed by atoms with E-state index in [9.17, 15) is 14.9 Å². The zero-order valence-corrected chi connectivity index (χ0v) is 14.4. The van der Waals surface area contributed by atoms with E-state index in [1.54, 1.807) is 12.1 Å². The maximum absolute atomic E-state index is 12.0. The van der Waals surface area contributed by atoms with Gasteiger partial charge in [-0.15, -0.1) is 0 Å². The van der Waals surface area contributed by atoms with Crippen molar-refractivity contribution < 1.29 is 9.72 Å². The van der Waals surface area contributed by atoms with Crippen LogP contribution in [0.5, 0.6) is 0 Å². The third kappa shape index (κ3) is 3.16. The van der Waals surface area contributed by atoms with Crippen LogP contribution in [0.15, 0.2) is 59.1 Å². The zero-order chi connectivity index (χ0) is 17.3. The van der Waals surface area contributed by atoms with Gasteiger partial charge < -0.3 is 0 Å². The molecule has 1 unspecified atom stereocenters. The Morgan fingerprint density at radius 3 is 2.58 bits per heavy atom. The number of rotatable bonds is 3. The molecule has 2 aromatic rings. The van der Waals surface area contributed by atoms with Crippen LogP contribution in [-0.2, 0) is 4.79 Å². The maximum Gasteiger partial charge on any atom is 0.270 e. The molecular weight excluding hydrogens is 374 g/mol. The molecule has 0 aliphatic carbocycles. The normalized spacial score (nSPS) is 16.5. The number of carbonyl (C=O) groups is 1. The Bertz CT molecular complexity index is 833. The van der Waals surface area contributed by atoms with Gasteiger partial charge in [0.2, 0.25) is 5.91 Å². The molecule has 1 atom stereocenters. The zero-order valence-electron chi connectivity index (χ0n) is 12.8. The first kappa shape index (κ1) is 16.2. The van der Waals surface area contributed by atoms with E-state index in [4.69, 9.17) is 0 Å². The number of hydrogen-bond donors (Lipinski definition) is 1. The Kier molecular flexibility index (Phi) is 4.35. The molecular formula is C17H14BrN3O3. The molecule has 122 valence electrons. The van der Waals surface area contributed by atoms with Crippen LogP contribution in [0.3, 0.4) is 0 Å². The topological polar surface area (TPSA) is 75.5 Å². The fourth-order valence-corrected chi connectivity index (χ4v) is 2.86. The standard InChI is InChI=1S/C17H14BrN3O3/c1-11(22)20-17(12-5-7-14(18)8-6-12)10-16(19-20)13-3-2-4-15(9-13)21(23)24/h2-10,17,19H,1H3. The predicted octanol–water partition coefficient (Wildman–Crippen LogP) is 3.81. The summed E-state index contributed by atoms with van der Waals surface area (Å²) in [5, 5.41) is 12.5. The SMILES string of the molecule is CC(=O)N1NC(c2cccc([N+](=O)[O-])c2)=CC1c1ccc(Br)cc1. The predicted molar refractivity (Wildman–Crippen MR) is 93.6 cm³/mol. The number of hydrazine groups is 1. The van der Waals surface area contributed by atoms with Crippen molar-refractivity contribution in [3.8, 4) is 0 Å². The highest BCUT2D eigenvalue weighted by Gasteiger charge is 2.29. The molecule has 1 amide bonds. The van der Waals surface area contributed by atoms with Crippen LogP contribution < -0.4 is 5.43 Å². The Morgan fingerprint density at radius 2 is 1.96 bits per heavy atom. The number of non-ortho nitro benzene ring substituents is 1. The summed E-state index contributed by atoms with van der Waals surface area (Å²) in [6.45, 7) is 1.48. The summed E-state index contributed by atoms with van der Waals surface area (Å²) in [6.07, 6.45) is 1.89. The van der Waals surface area contributed by atoms with Gasteiger partial charge in [0, 0.05) is 29.1 Å². The lowest BCUT2D eigenvalue weighted by molar-refractivity contribution is -0.384. The largest absolute Gasteiger partial charge is 0.295 e. The number of amides is 1. The van der Waals surface area contributed by atoms with E-state index < -0.39 is 4.92 Å². The van der Waals surface area contributed by atoms with Crippen molar-refractivity contribution in [3.63, 3.8) is 0 Å². The van der Waals surface area contributed by atoms with Gasteiger partial charge in [-0.2, -0.15) is 0 Å². The lowest BCUT2D eigenvalue weighted by Gasteiger charge is -2.24. The molecule has 1 aliphatic rings. The lowest BCUT2D eigenvalue weighted by atomic mass is 10.0. The molecule has 0 bridgehead atoms. The molecule has 0 spiro atoms. The van der Waals surface area contributed by atoms with Gasteiger partial charge in [0.15, 0.2) is 0 Å². The van der Waals surface area contributed by atoms with Gasteiger partial charge in [0.05, 0.1) is 16.7 Å². The highest BCUT2D eigenvalue weighted by Crippen LogP contribution is 2.32. The molecule has 0 aromatic heterocycles. The van der Waals surface area contributed by atoms with Gasteiger partial charge >= 0.3 is 0 Å². The van der Waals surface area contributed by atoms with Gasteiger partial charge in [-0.3, -0.25) is 20.3 Å². The Balaban J connectivity index is 1.99. The van der Waals surface area contributed by atoms with Gasteiger partial charge in [0.1, 0.15) is 0 Å². The first-order valence-electron chi connectivity index (χ1n) is 7.24. The van der Waals surface area contributed by atoms with E-state index >= 15 is 0 Å². The minimum absolute atomic E-state index is 0.0108. The quantitative estimate of drug-likeness (QED) is 0.641. The van der Waals surface area contributed by atoms with Crippen molar-refractivity contribution in [2.75, 3.05) is 0 Å². The molecule has 2 aromatic carbocycles. The molecule has 1 N–H and O–H groups in total. The van der Waals surface area contributed by atoms with E-state index in [1.165, 1.54) is 24.1 Å². The number of nitro groups is 1. The highest BCUT2D eigenvalue weighted by atomic mass is 79.9. The lowest BCUT2D eigenvalue weighted by Crippen LogP contribution is -2.37. The van der Waals surface area contributed by atoms with E-state index in [-0.39, 0.29) is 17.6 Å². The van der Waals surface area contributed by atoms with Crippen LogP contribution >= 0.6 is 15.9 Å². The Hall–Kier alpha value is -2.67. The summed E-state index contributed by atoms with van der Waals surface area (Å²) in [5.74, 6) is -0.139. The highest BCUT2D eigenvalue weighted by molar-refractivity contribution is 9.10. The molecule has 3 rings (SSSR count). The molecule has 7 heteroatoms. The Labute approximate surface area is 147 Å². The van der Waals surface area contributed by atoms with Crippen LogP contribution in [0.2, 0.25) is 0 Å². The monoisotopic (exact) mass is 387 g/mol. The third-order valence-electron chi connectivity index (χ3n) is 3.76. The molecule has 0 radical (unpaired) electrons. The number of nitrogens with one attached hydrogen (secondary N) is 1. The summed E-state index contributed by atoms with van der Waals surface area (Å²) < 4.78 is 0.953. The smallest absolute Gasteiger partial charge is 0.270 e. The van der Waals surface area contributed by atoms with Crippen LogP contribution in [0.4, 0.5) is 5.69 Å². The molecule has 1 aliphatic heterocycles. The summed E-state index contributed by atoms with van der Waals surface area (Å²) >= 11 is 3.39. The molecule has 6 nitrogen and oxygen atoms in total. The Morgan fingerprint density at radius 1 is 1.25 bits per heavy atom. The van der Waals surface area contributed by atoms with Crippen LogP contribution in [0.1, 0.15) is 24.1 Å². The molecule has 0 saturated carbocycles. The van der Waals surface area contributed by atoms with Crippen molar-refractivity contribution in [2.24, 2.45) is 0 Å². The van der Waals surface area contributed by atoms with Crippen molar-refractivity contribution in [3.05, 3.63) is 80.3 Å². The second kappa shape index (κ2) is 6.45. The van der Waals surface area contributed by atoms with E-state index in [0.717, 1.165) is 10.0 Å². The van der Waals surface area contributed by atoms with Crippen molar-refractivity contribution >= 4 is 33.2 Å². The second-order valence-corrected chi connectivity index (χ2v) is 6.30. The molecule has 24 heavy (non-hydrogen) atoms. The van der Waals surface area contributed by atoms with Gasteiger partial charge in [-0.05, 0) is 23.8 Å². The number of benzene rings is 2. The van der Waals surface area contributed by atoms with Gasteiger partial charge in [0.25, 0.3) is 5.69 Å². The van der Waals surface area contributed by atoms with Crippen LogP contribution in [-0.4, -0.2) is 15.8 Å². The van der Waals surface area contributed by atoms with Gasteiger partial charge in [-0.25, -0.2) is 5.01 Å². The van der Waals surface area contributed by atoms with Crippen LogP contribution in [0, 0.1) is 10.1 Å².